The molecule has 1 heterocycles. The number of nitrogens with zero attached hydrogens (tertiary/aromatic N) is 2. The van der Waals surface area contributed by atoms with Gasteiger partial charge in [-0.25, -0.2) is 18.7 Å². The smallest absolute Gasteiger partial charge is 0.162 e. The molecule has 1 aromatic carbocycles. The van der Waals surface area contributed by atoms with Crippen LogP contribution in [-0.4, -0.2) is 9.97 Å². The lowest BCUT2D eigenvalue weighted by Crippen LogP contribution is -2.10. The van der Waals surface area contributed by atoms with Crippen molar-refractivity contribution >= 4 is 0 Å². The van der Waals surface area contributed by atoms with E-state index in [-0.39, 0.29) is 5.92 Å². The Hall–Kier alpha value is -1.84. The van der Waals surface area contributed by atoms with Crippen molar-refractivity contribution in [2.45, 2.75) is 90.4 Å². The molecule has 0 saturated heterocycles. The largest absolute Gasteiger partial charge is 0.241 e. The second kappa shape index (κ2) is 12.6. The van der Waals surface area contributed by atoms with Crippen LogP contribution in [0.3, 0.4) is 0 Å². The van der Waals surface area contributed by atoms with Gasteiger partial charge in [0, 0.05) is 18.8 Å². The fourth-order valence-electron chi connectivity index (χ4n) is 3.70. The first-order valence-corrected chi connectivity index (χ1v) is 10.9. The summed E-state index contributed by atoms with van der Waals surface area (Å²) in [6.45, 7) is 4.30. The molecule has 0 aliphatic carbocycles. The van der Waals surface area contributed by atoms with Gasteiger partial charge < -0.3 is 0 Å². The van der Waals surface area contributed by atoms with E-state index in [1.807, 2.05) is 0 Å². The van der Waals surface area contributed by atoms with Crippen LogP contribution < -0.4 is 0 Å². The first-order valence-electron chi connectivity index (χ1n) is 10.9. The number of aromatic nitrogens is 2. The molecule has 0 aliphatic heterocycles. The maximum atomic E-state index is 14.9. The summed E-state index contributed by atoms with van der Waals surface area (Å²) in [6.07, 6.45) is 14.1. The van der Waals surface area contributed by atoms with E-state index in [0.29, 0.717) is 29.8 Å². The van der Waals surface area contributed by atoms with Crippen molar-refractivity contribution in [3.05, 3.63) is 59.2 Å². The number of hydrogen-bond donors (Lipinski definition) is 0. The first kappa shape index (κ1) is 22.4. The normalized spacial score (nSPS) is 12.3. The van der Waals surface area contributed by atoms with Crippen LogP contribution in [0.2, 0.25) is 0 Å². The summed E-state index contributed by atoms with van der Waals surface area (Å²) in [5.41, 5.74) is 0.965. The van der Waals surface area contributed by atoms with Crippen LogP contribution in [0.1, 0.15) is 94.5 Å². The lowest BCUT2D eigenvalue weighted by atomic mass is 9.88. The standard InChI is InChI=1S/C24H34F2N2/c1-3-5-7-8-10-13-20(18-22-27-16-11-17-28-22)21-15-14-19(12-9-6-4-2)23(25)24(21)26/h11,14-17,20H,3-10,12-13,18H2,1-2H3. The van der Waals surface area contributed by atoms with Gasteiger partial charge in [0.2, 0.25) is 0 Å². The molecule has 2 rings (SSSR count). The molecule has 154 valence electrons. The first-order chi connectivity index (χ1) is 13.7. The van der Waals surface area contributed by atoms with Gasteiger partial charge in [0.15, 0.2) is 11.6 Å². The monoisotopic (exact) mass is 388 g/mol. The highest BCUT2D eigenvalue weighted by atomic mass is 19.2. The molecule has 1 aromatic heterocycles. The van der Waals surface area contributed by atoms with Crippen LogP contribution in [0.4, 0.5) is 8.78 Å². The van der Waals surface area contributed by atoms with E-state index in [1.54, 1.807) is 30.6 Å². The SMILES string of the molecule is CCCCCCCC(Cc1ncccn1)c1ccc(CCCCC)c(F)c1F. The van der Waals surface area contributed by atoms with Crippen molar-refractivity contribution in [3.63, 3.8) is 0 Å². The van der Waals surface area contributed by atoms with Gasteiger partial charge in [-0.3, -0.25) is 0 Å². The van der Waals surface area contributed by atoms with Crippen LogP contribution in [0.15, 0.2) is 30.6 Å². The third-order valence-electron chi connectivity index (χ3n) is 5.39. The van der Waals surface area contributed by atoms with E-state index in [2.05, 4.69) is 23.8 Å². The number of unbranched alkanes of at least 4 members (excludes halogenated alkanes) is 6. The van der Waals surface area contributed by atoms with Gasteiger partial charge in [0.05, 0.1) is 0 Å². The van der Waals surface area contributed by atoms with Crippen molar-refractivity contribution in [1.29, 1.82) is 0 Å². The predicted molar refractivity (Wildman–Crippen MR) is 111 cm³/mol. The quantitative estimate of drug-likeness (QED) is 0.340. The van der Waals surface area contributed by atoms with Crippen molar-refractivity contribution in [2.75, 3.05) is 0 Å². The summed E-state index contributed by atoms with van der Waals surface area (Å²) in [7, 11) is 0. The highest BCUT2D eigenvalue weighted by Gasteiger charge is 2.21. The molecule has 2 nitrogen and oxygen atoms in total. The Bertz CT molecular complexity index is 689. The van der Waals surface area contributed by atoms with E-state index in [4.69, 9.17) is 0 Å². The van der Waals surface area contributed by atoms with E-state index in [0.717, 1.165) is 38.5 Å². The highest BCUT2D eigenvalue weighted by Crippen LogP contribution is 2.30. The maximum absolute atomic E-state index is 14.9. The zero-order valence-electron chi connectivity index (χ0n) is 17.4. The number of halogens is 2. The molecular weight excluding hydrogens is 354 g/mol. The maximum Gasteiger partial charge on any atom is 0.162 e. The Morgan fingerprint density at radius 1 is 0.821 bits per heavy atom. The molecule has 28 heavy (non-hydrogen) atoms. The summed E-state index contributed by atoms with van der Waals surface area (Å²) in [5, 5.41) is 0. The van der Waals surface area contributed by atoms with E-state index < -0.39 is 11.6 Å². The zero-order chi connectivity index (χ0) is 20.2. The Labute approximate surface area is 168 Å². The topological polar surface area (TPSA) is 25.8 Å². The minimum atomic E-state index is -0.677. The average molecular weight is 389 g/mol. The number of benzene rings is 1. The molecule has 0 amide bonds. The molecule has 0 saturated carbocycles. The Morgan fingerprint density at radius 3 is 2.21 bits per heavy atom. The average Bonchev–Trinajstić information content (AvgIpc) is 2.71. The van der Waals surface area contributed by atoms with Crippen LogP contribution in [0.5, 0.6) is 0 Å². The molecule has 0 bridgehead atoms. The van der Waals surface area contributed by atoms with Gasteiger partial charge in [-0.15, -0.1) is 0 Å². The fourth-order valence-corrected chi connectivity index (χ4v) is 3.70. The lowest BCUT2D eigenvalue weighted by molar-refractivity contribution is 0.461. The van der Waals surface area contributed by atoms with Gasteiger partial charge in [0.1, 0.15) is 5.82 Å². The second-order valence-electron chi connectivity index (χ2n) is 7.67. The van der Waals surface area contributed by atoms with Gasteiger partial charge in [-0.05, 0) is 42.4 Å². The number of hydrogen-bond acceptors (Lipinski definition) is 2. The molecule has 0 fully saturated rings. The summed E-state index contributed by atoms with van der Waals surface area (Å²) in [6, 6.07) is 5.34. The molecule has 1 unspecified atom stereocenters. The molecule has 0 aliphatic rings. The van der Waals surface area contributed by atoms with Crippen molar-refractivity contribution in [2.24, 2.45) is 0 Å². The summed E-state index contributed by atoms with van der Waals surface area (Å²) in [4.78, 5) is 8.59. The van der Waals surface area contributed by atoms with E-state index >= 15 is 0 Å². The Morgan fingerprint density at radius 2 is 1.50 bits per heavy atom. The van der Waals surface area contributed by atoms with Crippen molar-refractivity contribution in [1.82, 2.24) is 9.97 Å². The van der Waals surface area contributed by atoms with Crippen LogP contribution in [0.25, 0.3) is 0 Å². The van der Waals surface area contributed by atoms with E-state index in [1.165, 1.54) is 19.3 Å². The Balaban J connectivity index is 2.14. The van der Waals surface area contributed by atoms with E-state index in [9.17, 15) is 8.78 Å². The third-order valence-corrected chi connectivity index (χ3v) is 5.39. The number of aryl methyl sites for hydroxylation is 1. The second-order valence-corrected chi connectivity index (χ2v) is 7.67. The van der Waals surface area contributed by atoms with Crippen molar-refractivity contribution < 1.29 is 8.78 Å². The van der Waals surface area contributed by atoms with Crippen LogP contribution in [0, 0.1) is 11.6 Å². The predicted octanol–water partition coefficient (Wildman–Crippen LogP) is 7.17. The lowest BCUT2D eigenvalue weighted by Gasteiger charge is -2.19. The van der Waals surface area contributed by atoms with Gasteiger partial charge in [0.25, 0.3) is 0 Å². The van der Waals surface area contributed by atoms with Crippen LogP contribution in [-0.2, 0) is 12.8 Å². The van der Waals surface area contributed by atoms with Gasteiger partial charge in [-0.1, -0.05) is 70.9 Å². The molecule has 1 atom stereocenters. The summed E-state index contributed by atoms with van der Waals surface area (Å²) >= 11 is 0. The highest BCUT2D eigenvalue weighted by molar-refractivity contribution is 5.30. The van der Waals surface area contributed by atoms with Crippen molar-refractivity contribution in [3.8, 4) is 0 Å². The third kappa shape index (κ3) is 6.96. The fraction of sp³-hybridized carbons (Fsp3) is 0.583. The van der Waals surface area contributed by atoms with Gasteiger partial charge in [-0.2, -0.15) is 0 Å². The molecule has 0 spiro atoms. The number of rotatable bonds is 13. The zero-order valence-corrected chi connectivity index (χ0v) is 17.4. The molecule has 4 heteroatoms. The van der Waals surface area contributed by atoms with Crippen LogP contribution >= 0.6 is 0 Å². The molecular formula is C24H34F2N2. The molecule has 0 N–H and O–H groups in total. The summed E-state index contributed by atoms with van der Waals surface area (Å²) in [5.74, 6) is -0.752. The minimum Gasteiger partial charge on any atom is -0.241 e. The van der Waals surface area contributed by atoms with Gasteiger partial charge >= 0.3 is 0 Å². The molecule has 2 aromatic rings. The minimum absolute atomic E-state index is 0.0942. The Kier molecular flexibility index (Phi) is 10.1. The summed E-state index contributed by atoms with van der Waals surface area (Å²) < 4.78 is 29.6. The molecule has 0 radical (unpaired) electrons.